The number of hydrogen-bond acceptors (Lipinski definition) is 3. The van der Waals surface area contributed by atoms with Gasteiger partial charge < -0.3 is 10.1 Å². The molecule has 106 valence electrons. The molecule has 1 heterocycles. The molecule has 1 aromatic carbocycles. The van der Waals surface area contributed by atoms with Crippen LogP contribution in [0.5, 0.6) is 5.75 Å². The Labute approximate surface area is 128 Å². The van der Waals surface area contributed by atoms with Crippen LogP contribution in [0.3, 0.4) is 0 Å². The maximum Gasteiger partial charge on any atom is 0.387 e. The highest BCUT2D eigenvalue weighted by molar-refractivity contribution is 9.10. The maximum absolute atomic E-state index is 12.3. The van der Waals surface area contributed by atoms with E-state index in [1.807, 2.05) is 0 Å². The van der Waals surface area contributed by atoms with Crippen LogP contribution in [0, 0.1) is 0 Å². The van der Waals surface area contributed by atoms with E-state index in [0.29, 0.717) is 16.5 Å². The van der Waals surface area contributed by atoms with Gasteiger partial charge in [0.25, 0.3) is 0 Å². The van der Waals surface area contributed by atoms with Gasteiger partial charge in [0.2, 0.25) is 0 Å². The predicted octanol–water partition coefficient (Wildman–Crippen LogP) is 4.71. The Morgan fingerprint density at radius 2 is 2.10 bits per heavy atom. The summed E-state index contributed by atoms with van der Waals surface area (Å²) in [4.78, 5) is 4.05. The number of benzene rings is 1. The smallest absolute Gasteiger partial charge is 0.387 e. The SMILES string of the molecule is FC(F)Oc1ccc(Br)cc1CNc1cccc(Cl)n1. The molecule has 0 amide bonds. The number of rotatable bonds is 5. The van der Waals surface area contributed by atoms with E-state index < -0.39 is 6.61 Å². The monoisotopic (exact) mass is 362 g/mol. The van der Waals surface area contributed by atoms with Crippen LogP contribution in [-0.4, -0.2) is 11.6 Å². The average Bonchev–Trinajstić information content (AvgIpc) is 2.39. The minimum atomic E-state index is -2.86. The van der Waals surface area contributed by atoms with Crippen LogP contribution >= 0.6 is 27.5 Å². The number of nitrogens with zero attached hydrogens (tertiary/aromatic N) is 1. The van der Waals surface area contributed by atoms with Gasteiger partial charge in [0.15, 0.2) is 0 Å². The van der Waals surface area contributed by atoms with E-state index in [1.165, 1.54) is 6.07 Å². The van der Waals surface area contributed by atoms with Gasteiger partial charge in [-0.05, 0) is 30.3 Å². The molecule has 0 saturated carbocycles. The summed E-state index contributed by atoms with van der Waals surface area (Å²) in [6.45, 7) is -2.58. The fourth-order valence-corrected chi connectivity index (χ4v) is 2.16. The molecule has 0 unspecified atom stereocenters. The highest BCUT2D eigenvalue weighted by atomic mass is 79.9. The van der Waals surface area contributed by atoms with Crippen LogP contribution in [0.2, 0.25) is 5.15 Å². The second kappa shape index (κ2) is 6.85. The van der Waals surface area contributed by atoms with Crippen molar-refractivity contribution in [2.75, 3.05) is 5.32 Å². The molecule has 1 N–H and O–H groups in total. The van der Waals surface area contributed by atoms with Gasteiger partial charge in [-0.25, -0.2) is 4.98 Å². The highest BCUT2D eigenvalue weighted by Crippen LogP contribution is 2.25. The first-order chi connectivity index (χ1) is 9.54. The van der Waals surface area contributed by atoms with Crippen LogP contribution < -0.4 is 10.1 Å². The predicted molar refractivity (Wildman–Crippen MR) is 77.3 cm³/mol. The third-order valence-corrected chi connectivity index (χ3v) is 3.12. The Morgan fingerprint density at radius 3 is 2.80 bits per heavy atom. The van der Waals surface area contributed by atoms with Crippen molar-refractivity contribution >= 4 is 33.3 Å². The lowest BCUT2D eigenvalue weighted by molar-refractivity contribution is -0.0504. The summed E-state index contributed by atoms with van der Waals surface area (Å²) in [7, 11) is 0. The van der Waals surface area contributed by atoms with Gasteiger partial charge in [-0.2, -0.15) is 8.78 Å². The van der Waals surface area contributed by atoms with Crippen molar-refractivity contribution in [1.82, 2.24) is 4.98 Å². The Hall–Kier alpha value is -1.40. The summed E-state index contributed by atoms with van der Waals surface area (Å²) >= 11 is 9.06. The summed E-state index contributed by atoms with van der Waals surface area (Å²) in [6, 6.07) is 9.95. The molecule has 0 atom stereocenters. The van der Waals surface area contributed by atoms with Gasteiger partial charge in [-0.1, -0.05) is 33.6 Å². The molecule has 0 saturated heterocycles. The van der Waals surface area contributed by atoms with Crippen LogP contribution in [0.1, 0.15) is 5.56 Å². The quantitative estimate of drug-likeness (QED) is 0.781. The lowest BCUT2D eigenvalue weighted by atomic mass is 10.2. The molecule has 0 fully saturated rings. The van der Waals surface area contributed by atoms with Gasteiger partial charge in [-0.15, -0.1) is 0 Å². The van der Waals surface area contributed by atoms with Crippen LogP contribution in [0.15, 0.2) is 40.9 Å². The molecular formula is C13H10BrClF2N2O. The molecule has 0 radical (unpaired) electrons. The first-order valence-corrected chi connectivity index (χ1v) is 6.81. The lowest BCUT2D eigenvalue weighted by Crippen LogP contribution is -2.07. The van der Waals surface area contributed by atoms with Crippen molar-refractivity contribution in [2.24, 2.45) is 0 Å². The molecule has 3 nitrogen and oxygen atoms in total. The fraction of sp³-hybridized carbons (Fsp3) is 0.154. The summed E-state index contributed by atoms with van der Waals surface area (Å²) in [5.41, 5.74) is 0.585. The Kier molecular flexibility index (Phi) is 5.14. The molecular weight excluding hydrogens is 354 g/mol. The zero-order valence-electron chi connectivity index (χ0n) is 10.1. The fourth-order valence-electron chi connectivity index (χ4n) is 1.59. The van der Waals surface area contributed by atoms with Crippen molar-refractivity contribution in [1.29, 1.82) is 0 Å². The standard InChI is InChI=1S/C13H10BrClF2N2O/c14-9-4-5-10(20-13(16)17)8(6-9)7-18-12-3-1-2-11(15)19-12/h1-6,13H,7H2,(H,18,19). The molecule has 20 heavy (non-hydrogen) atoms. The number of alkyl halides is 2. The van der Waals surface area contributed by atoms with Crippen molar-refractivity contribution < 1.29 is 13.5 Å². The lowest BCUT2D eigenvalue weighted by Gasteiger charge is -2.12. The van der Waals surface area contributed by atoms with Crippen molar-refractivity contribution in [2.45, 2.75) is 13.2 Å². The van der Waals surface area contributed by atoms with Crippen molar-refractivity contribution in [3.63, 3.8) is 0 Å². The molecule has 0 bridgehead atoms. The molecule has 0 aliphatic rings. The van der Waals surface area contributed by atoms with Gasteiger partial charge in [0.1, 0.15) is 16.7 Å². The van der Waals surface area contributed by atoms with Crippen molar-refractivity contribution in [3.8, 4) is 5.75 Å². The van der Waals surface area contributed by atoms with E-state index in [9.17, 15) is 8.78 Å². The van der Waals surface area contributed by atoms with Crippen LogP contribution in [-0.2, 0) is 6.54 Å². The second-order valence-corrected chi connectivity index (χ2v) is 5.13. The highest BCUT2D eigenvalue weighted by Gasteiger charge is 2.10. The minimum Gasteiger partial charge on any atom is -0.434 e. The molecule has 2 rings (SSSR count). The van der Waals surface area contributed by atoms with Gasteiger partial charge in [0.05, 0.1) is 0 Å². The molecule has 2 aromatic rings. The number of anilines is 1. The number of ether oxygens (including phenoxy) is 1. The Balaban J connectivity index is 2.13. The molecule has 0 aliphatic heterocycles. The van der Waals surface area contributed by atoms with Gasteiger partial charge >= 0.3 is 6.61 Å². The van der Waals surface area contributed by atoms with Gasteiger partial charge in [-0.3, -0.25) is 0 Å². The van der Waals surface area contributed by atoms with E-state index in [-0.39, 0.29) is 12.3 Å². The molecule has 0 aliphatic carbocycles. The normalized spacial score (nSPS) is 10.7. The number of nitrogens with one attached hydrogen (secondary N) is 1. The topological polar surface area (TPSA) is 34.1 Å². The first-order valence-electron chi connectivity index (χ1n) is 5.64. The summed E-state index contributed by atoms with van der Waals surface area (Å²) in [5, 5.41) is 3.36. The van der Waals surface area contributed by atoms with E-state index in [0.717, 1.165) is 4.47 Å². The molecule has 1 aromatic heterocycles. The Bertz CT molecular complexity index is 598. The first kappa shape index (κ1) is 15.0. The summed E-state index contributed by atoms with van der Waals surface area (Å²) < 4.78 is 29.9. The van der Waals surface area contributed by atoms with E-state index >= 15 is 0 Å². The minimum absolute atomic E-state index is 0.123. The molecule has 7 heteroatoms. The van der Waals surface area contributed by atoms with Crippen molar-refractivity contribution in [3.05, 3.63) is 51.6 Å². The number of aromatic nitrogens is 1. The third kappa shape index (κ3) is 4.31. The average molecular weight is 364 g/mol. The van der Waals surface area contributed by atoms with E-state index in [4.69, 9.17) is 11.6 Å². The zero-order valence-corrected chi connectivity index (χ0v) is 12.5. The van der Waals surface area contributed by atoms with Gasteiger partial charge in [0, 0.05) is 16.6 Å². The number of hydrogen-bond donors (Lipinski definition) is 1. The maximum atomic E-state index is 12.3. The zero-order chi connectivity index (χ0) is 14.5. The number of pyridine rings is 1. The summed E-state index contributed by atoms with van der Waals surface area (Å²) in [6.07, 6.45) is 0. The Morgan fingerprint density at radius 1 is 1.30 bits per heavy atom. The number of halogens is 4. The largest absolute Gasteiger partial charge is 0.434 e. The summed E-state index contributed by atoms with van der Waals surface area (Å²) in [5.74, 6) is 0.679. The second-order valence-electron chi connectivity index (χ2n) is 3.83. The van der Waals surface area contributed by atoms with E-state index in [1.54, 1.807) is 30.3 Å². The van der Waals surface area contributed by atoms with Crippen LogP contribution in [0.25, 0.3) is 0 Å². The van der Waals surface area contributed by atoms with Crippen LogP contribution in [0.4, 0.5) is 14.6 Å². The third-order valence-electron chi connectivity index (χ3n) is 2.41. The molecule has 0 spiro atoms. The van der Waals surface area contributed by atoms with E-state index in [2.05, 4.69) is 31.0 Å².